The van der Waals surface area contributed by atoms with Gasteiger partial charge in [0.25, 0.3) is 0 Å². The van der Waals surface area contributed by atoms with Crippen LogP contribution in [0.25, 0.3) is 0 Å². The van der Waals surface area contributed by atoms with Gasteiger partial charge in [-0.15, -0.1) is 0 Å². The van der Waals surface area contributed by atoms with Gasteiger partial charge in [-0.2, -0.15) is 0 Å². The van der Waals surface area contributed by atoms with Crippen molar-refractivity contribution < 1.29 is 4.79 Å². The van der Waals surface area contributed by atoms with E-state index in [0.717, 1.165) is 16.8 Å². The van der Waals surface area contributed by atoms with E-state index in [-0.39, 0.29) is 0 Å². The first-order valence-corrected chi connectivity index (χ1v) is 7.58. The van der Waals surface area contributed by atoms with Crippen molar-refractivity contribution in [3.63, 3.8) is 0 Å². The Hall–Kier alpha value is -2.20. The molecule has 0 saturated carbocycles. The summed E-state index contributed by atoms with van der Waals surface area (Å²) in [7, 11) is 0. The van der Waals surface area contributed by atoms with Gasteiger partial charge in [0.15, 0.2) is 0 Å². The number of nitrogens with zero attached hydrogens (tertiary/aromatic N) is 1. The Bertz CT molecular complexity index is 638. The zero-order chi connectivity index (χ0) is 16.1. The number of carbonyl (C=O) groups is 1. The van der Waals surface area contributed by atoms with Crippen molar-refractivity contribution in [2.24, 2.45) is 11.5 Å². The first kappa shape index (κ1) is 16.2. The van der Waals surface area contributed by atoms with Crippen LogP contribution < -0.4 is 11.5 Å². The molecule has 4 nitrogen and oxygen atoms in total. The number of amides is 1. The SMILES string of the molecule is CC(C)c1ccnc(C(C(N)=O)c2ccccc2)c1CCN. The molecule has 1 amide bonds. The molecule has 1 aromatic carbocycles. The molecular weight excluding hydrogens is 274 g/mol. The molecule has 0 aliphatic heterocycles. The highest BCUT2D eigenvalue weighted by molar-refractivity contribution is 5.85. The Morgan fingerprint density at radius 1 is 1.18 bits per heavy atom. The van der Waals surface area contributed by atoms with Crippen molar-refractivity contribution in [2.45, 2.75) is 32.1 Å². The average Bonchev–Trinajstić information content (AvgIpc) is 2.49. The molecule has 1 heterocycles. The van der Waals surface area contributed by atoms with Gasteiger partial charge in [-0.05, 0) is 41.6 Å². The largest absolute Gasteiger partial charge is 0.369 e. The van der Waals surface area contributed by atoms with E-state index in [4.69, 9.17) is 11.5 Å². The zero-order valence-corrected chi connectivity index (χ0v) is 13.1. The molecule has 1 aromatic heterocycles. The van der Waals surface area contributed by atoms with Gasteiger partial charge in [0.05, 0.1) is 5.69 Å². The Kier molecular flexibility index (Phi) is 5.28. The second-order valence-corrected chi connectivity index (χ2v) is 5.70. The molecular formula is C18H23N3O. The molecule has 0 aliphatic rings. The summed E-state index contributed by atoms with van der Waals surface area (Å²) in [5.74, 6) is -0.591. The van der Waals surface area contributed by atoms with E-state index in [9.17, 15) is 4.79 Å². The van der Waals surface area contributed by atoms with Gasteiger partial charge in [0.2, 0.25) is 5.91 Å². The quantitative estimate of drug-likeness (QED) is 0.858. The average molecular weight is 297 g/mol. The number of nitrogens with two attached hydrogens (primary N) is 2. The smallest absolute Gasteiger partial charge is 0.231 e. The fourth-order valence-electron chi connectivity index (χ4n) is 2.83. The molecule has 0 saturated heterocycles. The third-order valence-corrected chi connectivity index (χ3v) is 3.83. The maximum Gasteiger partial charge on any atom is 0.231 e. The number of benzene rings is 1. The van der Waals surface area contributed by atoms with Crippen LogP contribution in [-0.2, 0) is 11.2 Å². The molecule has 0 aliphatic carbocycles. The predicted octanol–water partition coefficient (Wildman–Crippen LogP) is 2.32. The van der Waals surface area contributed by atoms with Crippen molar-refractivity contribution in [1.82, 2.24) is 4.98 Å². The fourth-order valence-corrected chi connectivity index (χ4v) is 2.83. The summed E-state index contributed by atoms with van der Waals surface area (Å²) >= 11 is 0. The van der Waals surface area contributed by atoms with E-state index in [0.29, 0.717) is 18.9 Å². The lowest BCUT2D eigenvalue weighted by atomic mass is 9.86. The van der Waals surface area contributed by atoms with E-state index in [1.165, 1.54) is 5.56 Å². The number of primary amides is 1. The number of aromatic nitrogens is 1. The van der Waals surface area contributed by atoms with Crippen LogP contribution in [0.4, 0.5) is 0 Å². The summed E-state index contributed by atoms with van der Waals surface area (Å²) in [6, 6.07) is 11.5. The van der Waals surface area contributed by atoms with Crippen LogP contribution in [-0.4, -0.2) is 17.4 Å². The number of hydrogen-bond donors (Lipinski definition) is 2. The molecule has 116 valence electrons. The van der Waals surface area contributed by atoms with E-state index in [1.54, 1.807) is 6.20 Å². The van der Waals surface area contributed by atoms with Gasteiger partial charge >= 0.3 is 0 Å². The Balaban J connectivity index is 2.62. The molecule has 1 atom stereocenters. The van der Waals surface area contributed by atoms with Crippen molar-refractivity contribution >= 4 is 5.91 Å². The minimum atomic E-state index is -0.540. The van der Waals surface area contributed by atoms with Crippen LogP contribution in [0.2, 0.25) is 0 Å². The van der Waals surface area contributed by atoms with E-state index in [1.807, 2.05) is 36.4 Å². The van der Waals surface area contributed by atoms with Crippen molar-refractivity contribution in [1.29, 1.82) is 0 Å². The van der Waals surface area contributed by atoms with Crippen molar-refractivity contribution in [2.75, 3.05) is 6.54 Å². The number of pyridine rings is 1. The summed E-state index contributed by atoms with van der Waals surface area (Å²) in [6.45, 7) is 4.76. The maximum absolute atomic E-state index is 12.1. The standard InChI is InChI=1S/C18H23N3O/c1-12(2)14-9-11-21-17(15(14)8-10-19)16(18(20)22)13-6-4-3-5-7-13/h3-7,9,11-12,16H,8,10,19H2,1-2H3,(H2,20,22). The molecule has 0 spiro atoms. The Morgan fingerprint density at radius 3 is 2.41 bits per heavy atom. The highest BCUT2D eigenvalue weighted by Crippen LogP contribution is 2.30. The molecule has 2 rings (SSSR count). The third kappa shape index (κ3) is 3.34. The van der Waals surface area contributed by atoms with Crippen LogP contribution >= 0.6 is 0 Å². The molecule has 1 unspecified atom stereocenters. The second-order valence-electron chi connectivity index (χ2n) is 5.70. The minimum absolute atomic E-state index is 0.340. The summed E-state index contributed by atoms with van der Waals surface area (Å²) in [5.41, 5.74) is 15.3. The number of hydrogen-bond acceptors (Lipinski definition) is 3. The Labute approximate surface area is 131 Å². The highest BCUT2D eigenvalue weighted by Gasteiger charge is 2.25. The van der Waals surface area contributed by atoms with Crippen LogP contribution in [0.1, 0.15) is 48.1 Å². The first-order valence-electron chi connectivity index (χ1n) is 7.58. The summed E-state index contributed by atoms with van der Waals surface area (Å²) in [5, 5.41) is 0. The van der Waals surface area contributed by atoms with Crippen LogP contribution in [0.15, 0.2) is 42.6 Å². The molecule has 22 heavy (non-hydrogen) atoms. The number of rotatable bonds is 6. The number of carbonyl (C=O) groups excluding carboxylic acids is 1. The van der Waals surface area contributed by atoms with Gasteiger partial charge in [0.1, 0.15) is 5.92 Å². The fraction of sp³-hybridized carbons (Fsp3) is 0.333. The van der Waals surface area contributed by atoms with Gasteiger partial charge < -0.3 is 11.5 Å². The predicted molar refractivity (Wildman–Crippen MR) is 88.6 cm³/mol. The summed E-state index contributed by atoms with van der Waals surface area (Å²) in [6.07, 6.45) is 2.44. The van der Waals surface area contributed by atoms with Gasteiger partial charge in [-0.25, -0.2) is 0 Å². The maximum atomic E-state index is 12.1. The second kappa shape index (κ2) is 7.18. The molecule has 4 N–H and O–H groups in total. The van der Waals surface area contributed by atoms with Gasteiger partial charge in [-0.3, -0.25) is 9.78 Å². The highest BCUT2D eigenvalue weighted by atomic mass is 16.1. The lowest BCUT2D eigenvalue weighted by Gasteiger charge is -2.21. The van der Waals surface area contributed by atoms with E-state index in [2.05, 4.69) is 18.8 Å². The molecule has 4 heteroatoms. The topological polar surface area (TPSA) is 82.0 Å². The molecule has 0 bridgehead atoms. The lowest BCUT2D eigenvalue weighted by molar-refractivity contribution is -0.118. The van der Waals surface area contributed by atoms with Gasteiger partial charge in [0, 0.05) is 6.20 Å². The minimum Gasteiger partial charge on any atom is -0.369 e. The van der Waals surface area contributed by atoms with Crippen molar-refractivity contribution in [3.8, 4) is 0 Å². The van der Waals surface area contributed by atoms with Crippen molar-refractivity contribution in [3.05, 3.63) is 65.0 Å². The summed E-state index contributed by atoms with van der Waals surface area (Å²) in [4.78, 5) is 16.6. The Morgan fingerprint density at radius 2 is 1.86 bits per heavy atom. The lowest BCUT2D eigenvalue weighted by Crippen LogP contribution is -2.25. The molecule has 2 aromatic rings. The van der Waals surface area contributed by atoms with E-state index >= 15 is 0 Å². The van der Waals surface area contributed by atoms with E-state index < -0.39 is 11.8 Å². The molecule has 0 fully saturated rings. The van der Waals surface area contributed by atoms with Gasteiger partial charge in [-0.1, -0.05) is 44.2 Å². The monoisotopic (exact) mass is 297 g/mol. The normalized spacial score (nSPS) is 12.4. The van der Waals surface area contributed by atoms with Crippen LogP contribution in [0.3, 0.4) is 0 Å². The molecule has 0 radical (unpaired) electrons. The van der Waals surface area contributed by atoms with Crippen LogP contribution in [0, 0.1) is 0 Å². The van der Waals surface area contributed by atoms with Crippen LogP contribution in [0.5, 0.6) is 0 Å². The third-order valence-electron chi connectivity index (χ3n) is 3.83. The summed E-state index contributed by atoms with van der Waals surface area (Å²) < 4.78 is 0. The zero-order valence-electron chi connectivity index (χ0n) is 13.1. The first-order chi connectivity index (χ1) is 10.6.